The predicted molar refractivity (Wildman–Crippen MR) is 77.0 cm³/mol. The molecule has 0 radical (unpaired) electrons. The number of para-hydroxylation sites is 1. The van der Waals surface area contributed by atoms with E-state index in [1.165, 1.54) is 0 Å². The molecule has 19 heavy (non-hydrogen) atoms. The minimum Gasteiger partial charge on any atom is -0.481 e. The van der Waals surface area contributed by atoms with Crippen molar-refractivity contribution in [2.45, 2.75) is 32.4 Å². The first-order valence-electron chi connectivity index (χ1n) is 6.49. The van der Waals surface area contributed by atoms with Gasteiger partial charge in [0.15, 0.2) is 6.10 Å². The molecule has 2 atom stereocenters. The van der Waals surface area contributed by atoms with Gasteiger partial charge < -0.3 is 15.8 Å². The summed E-state index contributed by atoms with van der Waals surface area (Å²) in [6, 6.07) is 7.47. The minimum atomic E-state index is -0.565. The number of nitrogens with one attached hydrogen (secondary N) is 1. The predicted octanol–water partition coefficient (Wildman–Crippen LogP) is 2.17. The largest absolute Gasteiger partial charge is 0.481 e. The first-order valence-corrected chi connectivity index (χ1v) is 6.49. The molecule has 0 saturated carbocycles. The SMILES string of the molecule is C=CCNC(=O)C(C)Oc1ccccc1[C@@H](N)CC. The lowest BCUT2D eigenvalue weighted by molar-refractivity contribution is -0.127. The van der Waals surface area contributed by atoms with Gasteiger partial charge >= 0.3 is 0 Å². The lowest BCUT2D eigenvalue weighted by atomic mass is 10.0. The molecule has 0 bridgehead atoms. The second-order valence-corrected chi connectivity index (χ2v) is 4.35. The fourth-order valence-electron chi connectivity index (χ4n) is 1.67. The molecule has 4 heteroatoms. The average molecular weight is 262 g/mol. The second kappa shape index (κ2) is 7.59. The van der Waals surface area contributed by atoms with Crippen molar-refractivity contribution in [3.05, 3.63) is 42.5 Å². The van der Waals surface area contributed by atoms with E-state index in [9.17, 15) is 4.79 Å². The van der Waals surface area contributed by atoms with Gasteiger partial charge in [0.1, 0.15) is 5.75 Å². The number of carbonyl (C=O) groups is 1. The summed E-state index contributed by atoms with van der Waals surface area (Å²) in [6.07, 6.45) is 1.88. The van der Waals surface area contributed by atoms with Gasteiger partial charge in [-0.2, -0.15) is 0 Å². The number of carbonyl (C=O) groups excluding carboxylic acids is 1. The van der Waals surface area contributed by atoms with Crippen molar-refractivity contribution in [2.75, 3.05) is 6.54 Å². The van der Waals surface area contributed by atoms with E-state index in [2.05, 4.69) is 11.9 Å². The van der Waals surface area contributed by atoms with Crippen LogP contribution in [0.25, 0.3) is 0 Å². The van der Waals surface area contributed by atoms with Gasteiger partial charge in [0.2, 0.25) is 0 Å². The smallest absolute Gasteiger partial charge is 0.261 e. The quantitative estimate of drug-likeness (QED) is 0.740. The summed E-state index contributed by atoms with van der Waals surface area (Å²) < 4.78 is 5.70. The highest BCUT2D eigenvalue weighted by molar-refractivity contribution is 5.80. The van der Waals surface area contributed by atoms with Crippen LogP contribution < -0.4 is 15.8 Å². The zero-order valence-corrected chi connectivity index (χ0v) is 11.6. The maximum absolute atomic E-state index is 11.7. The summed E-state index contributed by atoms with van der Waals surface area (Å²) in [7, 11) is 0. The molecule has 1 aromatic rings. The standard InChI is InChI=1S/C15H22N2O2/c1-4-10-17-15(18)11(3)19-14-9-7-6-8-12(14)13(16)5-2/h4,6-9,11,13H,1,5,10,16H2,2-3H3,(H,17,18)/t11?,13-/m0/s1. The summed E-state index contributed by atoms with van der Waals surface area (Å²) in [6.45, 7) is 7.72. The number of nitrogens with two attached hydrogens (primary N) is 1. The van der Waals surface area contributed by atoms with Gasteiger partial charge in [-0.3, -0.25) is 4.79 Å². The molecule has 1 aromatic carbocycles. The zero-order valence-electron chi connectivity index (χ0n) is 11.6. The Morgan fingerprint density at radius 3 is 2.84 bits per heavy atom. The van der Waals surface area contributed by atoms with E-state index in [0.29, 0.717) is 12.3 Å². The number of rotatable bonds is 7. The molecule has 4 nitrogen and oxygen atoms in total. The van der Waals surface area contributed by atoms with E-state index in [4.69, 9.17) is 10.5 Å². The maximum Gasteiger partial charge on any atom is 0.261 e. The number of hydrogen-bond acceptors (Lipinski definition) is 3. The number of benzene rings is 1. The van der Waals surface area contributed by atoms with E-state index < -0.39 is 6.10 Å². The third-order valence-electron chi connectivity index (χ3n) is 2.85. The molecule has 1 amide bonds. The monoisotopic (exact) mass is 262 g/mol. The molecule has 0 aliphatic heterocycles. The van der Waals surface area contributed by atoms with Crippen molar-refractivity contribution >= 4 is 5.91 Å². The molecular formula is C15H22N2O2. The van der Waals surface area contributed by atoms with E-state index in [1.54, 1.807) is 13.0 Å². The molecule has 0 aliphatic carbocycles. The van der Waals surface area contributed by atoms with Crippen LogP contribution in [0.15, 0.2) is 36.9 Å². The molecule has 0 fully saturated rings. The molecule has 0 saturated heterocycles. The van der Waals surface area contributed by atoms with Gasteiger partial charge in [0, 0.05) is 18.2 Å². The van der Waals surface area contributed by atoms with Crippen LogP contribution >= 0.6 is 0 Å². The van der Waals surface area contributed by atoms with Crippen LogP contribution in [-0.4, -0.2) is 18.6 Å². The van der Waals surface area contributed by atoms with Crippen molar-refractivity contribution < 1.29 is 9.53 Å². The summed E-state index contributed by atoms with van der Waals surface area (Å²) in [5.41, 5.74) is 6.96. The lowest BCUT2D eigenvalue weighted by Gasteiger charge is -2.19. The van der Waals surface area contributed by atoms with E-state index in [0.717, 1.165) is 12.0 Å². The van der Waals surface area contributed by atoms with Crippen molar-refractivity contribution in [2.24, 2.45) is 5.73 Å². The van der Waals surface area contributed by atoms with Gasteiger partial charge in [-0.1, -0.05) is 31.2 Å². The third-order valence-corrected chi connectivity index (χ3v) is 2.85. The molecule has 3 N–H and O–H groups in total. The summed E-state index contributed by atoms with van der Waals surface area (Å²) in [5.74, 6) is 0.498. The topological polar surface area (TPSA) is 64.3 Å². The highest BCUT2D eigenvalue weighted by Gasteiger charge is 2.17. The minimum absolute atomic E-state index is 0.0837. The molecule has 104 valence electrons. The van der Waals surface area contributed by atoms with Crippen LogP contribution in [0.4, 0.5) is 0 Å². The fourth-order valence-corrected chi connectivity index (χ4v) is 1.67. The second-order valence-electron chi connectivity index (χ2n) is 4.35. The molecular weight excluding hydrogens is 240 g/mol. The normalized spacial score (nSPS) is 13.4. The van der Waals surface area contributed by atoms with Crippen molar-refractivity contribution in [1.82, 2.24) is 5.32 Å². The van der Waals surface area contributed by atoms with Crippen LogP contribution in [-0.2, 0) is 4.79 Å². The number of amides is 1. The first kappa shape index (κ1) is 15.2. The van der Waals surface area contributed by atoms with E-state index in [1.807, 2.05) is 31.2 Å². The Balaban J connectivity index is 2.76. The van der Waals surface area contributed by atoms with Crippen LogP contribution in [0.3, 0.4) is 0 Å². The van der Waals surface area contributed by atoms with Crippen molar-refractivity contribution in [3.63, 3.8) is 0 Å². The molecule has 0 heterocycles. The fraction of sp³-hybridized carbons (Fsp3) is 0.400. The molecule has 1 unspecified atom stereocenters. The summed E-state index contributed by atoms with van der Waals surface area (Å²) in [4.78, 5) is 11.7. The Kier molecular flexibility index (Phi) is 6.09. The highest BCUT2D eigenvalue weighted by Crippen LogP contribution is 2.26. The Morgan fingerprint density at radius 2 is 2.21 bits per heavy atom. The van der Waals surface area contributed by atoms with Crippen LogP contribution in [0, 0.1) is 0 Å². The Hall–Kier alpha value is -1.81. The maximum atomic E-state index is 11.7. The highest BCUT2D eigenvalue weighted by atomic mass is 16.5. The molecule has 0 spiro atoms. The van der Waals surface area contributed by atoms with Crippen molar-refractivity contribution in [3.8, 4) is 5.75 Å². The van der Waals surface area contributed by atoms with Gasteiger partial charge in [0.05, 0.1) is 0 Å². The van der Waals surface area contributed by atoms with E-state index >= 15 is 0 Å². The number of hydrogen-bond donors (Lipinski definition) is 2. The lowest BCUT2D eigenvalue weighted by Crippen LogP contribution is -2.36. The Bertz CT molecular complexity index is 432. The molecule has 0 aliphatic rings. The Morgan fingerprint density at radius 1 is 1.53 bits per heavy atom. The summed E-state index contributed by atoms with van der Waals surface area (Å²) in [5, 5.41) is 2.70. The summed E-state index contributed by atoms with van der Waals surface area (Å²) >= 11 is 0. The van der Waals surface area contributed by atoms with Crippen LogP contribution in [0.5, 0.6) is 5.75 Å². The number of ether oxygens (including phenoxy) is 1. The van der Waals surface area contributed by atoms with Crippen LogP contribution in [0.2, 0.25) is 0 Å². The third kappa shape index (κ3) is 4.41. The van der Waals surface area contributed by atoms with Crippen molar-refractivity contribution in [1.29, 1.82) is 0 Å². The first-order chi connectivity index (χ1) is 9.10. The van der Waals surface area contributed by atoms with Gasteiger partial charge in [-0.15, -0.1) is 6.58 Å². The average Bonchev–Trinajstić information content (AvgIpc) is 2.44. The molecule has 0 aromatic heterocycles. The van der Waals surface area contributed by atoms with Gasteiger partial charge in [-0.25, -0.2) is 0 Å². The Labute approximate surface area is 114 Å². The van der Waals surface area contributed by atoms with Gasteiger partial charge in [0.25, 0.3) is 5.91 Å². The van der Waals surface area contributed by atoms with Crippen LogP contribution in [0.1, 0.15) is 31.9 Å². The molecule has 1 rings (SSSR count). The van der Waals surface area contributed by atoms with E-state index in [-0.39, 0.29) is 11.9 Å². The zero-order chi connectivity index (χ0) is 14.3. The van der Waals surface area contributed by atoms with Gasteiger partial charge in [-0.05, 0) is 19.4 Å².